The molecule has 2 unspecified atom stereocenters. The molecule has 0 spiro atoms. The van der Waals surface area contributed by atoms with Gasteiger partial charge in [-0.2, -0.15) is 5.10 Å². The van der Waals surface area contributed by atoms with E-state index in [2.05, 4.69) is 10.1 Å². The van der Waals surface area contributed by atoms with Gasteiger partial charge in [0, 0.05) is 36.4 Å². The SMILES string of the molecule is [B]c1ccc2[nH]c(=O)c(C3=NN(C(=O)CCC(=O)O)C(C4=CCC(OC)C=C4)C3)c(-c3ccccc3)c2c1. The molecule has 2 aliphatic rings. The van der Waals surface area contributed by atoms with E-state index >= 15 is 0 Å². The number of carbonyl (C=O) groups is 2. The fourth-order valence-corrected chi connectivity index (χ4v) is 5.01. The molecule has 1 aliphatic heterocycles. The molecule has 1 aromatic heterocycles. The number of aromatic nitrogens is 1. The average molecular weight is 507 g/mol. The van der Waals surface area contributed by atoms with Gasteiger partial charge in [-0.05, 0) is 23.6 Å². The summed E-state index contributed by atoms with van der Waals surface area (Å²) in [6.07, 6.45) is 6.19. The zero-order valence-electron chi connectivity index (χ0n) is 20.9. The Hall–Kier alpha value is -4.24. The minimum atomic E-state index is -1.06. The molecule has 5 rings (SSSR count). The third-order valence-corrected chi connectivity index (χ3v) is 6.88. The van der Waals surface area contributed by atoms with E-state index in [4.69, 9.17) is 17.7 Å². The highest BCUT2D eigenvalue weighted by Crippen LogP contribution is 2.34. The average Bonchev–Trinajstić information content (AvgIpc) is 3.37. The maximum absolute atomic E-state index is 13.6. The van der Waals surface area contributed by atoms with Crippen molar-refractivity contribution in [3.05, 3.63) is 88.2 Å². The van der Waals surface area contributed by atoms with Gasteiger partial charge in [0.1, 0.15) is 7.85 Å². The van der Waals surface area contributed by atoms with Crippen molar-refractivity contribution >= 4 is 41.8 Å². The Morgan fingerprint density at radius 2 is 1.95 bits per heavy atom. The summed E-state index contributed by atoms with van der Waals surface area (Å²) in [6.45, 7) is 0. The second-order valence-corrected chi connectivity index (χ2v) is 9.35. The highest BCUT2D eigenvalue weighted by atomic mass is 16.5. The highest BCUT2D eigenvalue weighted by molar-refractivity contribution is 6.33. The molecule has 0 saturated carbocycles. The Morgan fingerprint density at radius 1 is 1.16 bits per heavy atom. The van der Waals surface area contributed by atoms with Crippen LogP contribution < -0.4 is 11.0 Å². The lowest BCUT2D eigenvalue weighted by molar-refractivity contribution is -0.141. The third-order valence-electron chi connectivity index (χ3n) is 6.88. The van der Waals surface area contributed by atoms with E-state index < -0.39 is 17.9 Å². The molecule has 1 aliphatic carbocycles. The van der Waals surface area contributed by atoms with Crippen molar-refractivity contribution < 1.29 is 19.4 Å². The molecular weight excluding hydrogens is 481 g/mol. The number of nitrogens with one attached hydrogen (secondary N) is 1. The molecule has 2 aromatic carbocycles. The van der Waals surface area contributed by atoms with Crippen LogP contribution in [-0.2, 0) is 14.3 Å². The van der Waals surface area contributed by atoms with E-state index in [0.29, 0.717) is 40.7 Å². The first-order chi connectivity index (χ1) is 18.4. The fraction of sp³-hybridized carbons (Fsp3) is 0.241. The quantitative estimate of drug-likeness (QED) is 0.478. The number of carbonyl (C=O) groups excluding carboxylic acids is 1. The van der Waals surface area contributed by atoms with Crippen LogP contribution in [0.3, 0.4) is 0 Å². The number of amides is 1. The lowest BCUT2D eigenvalue weighted by Gasteiger charge is -2.25. The second-order valence-electron chi connectivity index (χ2n) is 9.35. The summed E-state index contributed by atoms with van der Waals surface area (Å²) in [7, 11) is 7.76. The summed E-state index contributed by atoms with van der Waals surface area (Å²) in [5, 5.41) is 15.9. The second kappa shape index (κ2) is 10.6. The van der Waals surface area contributed by atoms with Gasteiger partial charge >= 0.3 is 5.97 Å². The van der Waals surface area contributed by atoms with Gasteiger partial charge < -0.3 is 14.8 Å². The molecule has 3 aromatic rings. The van der Waals surface area contributed by atoms with Crippen molar-refractivity contribution in [3.63, 3.8) is 0 Å². The van der Waals surface area contributed by atoms with Crippen molar-refractivity contribution in [3.8, 4) is 11.1 Å². The topological polar surface area (TPSA) is 112 Å². The van der Waals surface area contributed by atoms with Crippen molar-refractivity contribution in [1.29, 1.82) is 0 Å². The van der Waals surface area contributed by atoms with Gasteiger partial charge in [0.25, 0.3) is 5.56 Å². The Bertz CT molecular complexity index is 1560. The van der Waals surface area contributed by atoms with Crippen LogP contribution >= 0.6 is 0 Å². The number of aromatic amines is 1. The maximum atomic E-state index is 13.6. The number of hydrogen-bond donors (Lipinski definition) is 2. The molecule has 0 fully saturated rings. The number of carboxylic acids is 1. The normalized spacial score (nSPS) is 18.9. The number of methoxy groups -OCH3 is 1. The van der Waals surface area contributed by atoms with Crippen molar-refractivity contribution in [2.75, 3.05) is 7.11 Å². The molecule has 9 heteroatoms. The fourth-order valence-electron chi connectivity index (χ4n) is 5.01. The van der Waals surface area contributed by atoms with E-state index in [9.17, 15) is 14.4 Å². The minimum Gasteiger partial charge on any atom is -0.481 e. The molecule has 38 heavy (non-hydrogen) atoms. The number of H-pyrrole nitrogens is 1. The Balaban J connectivity index is 1.65. The summed E-state index contributed by atoms with van der Waals surface area (Å²) < 4.78 is 5.40. The molecule has 2 heterocycles. The third kappa shape index (κ3) is 4.97. The predicted molar refractivity (Wildman–Crippen MR) is 147 cm³/mol. The van der Waals surface area contributed by atoms with Crippen LogP contribution in [0.2, 0.25) is 0 Å². The van der Waals surface area contributed by atoms with Crippen molar-refractivity contribution in [1.82, 2.24) is 9.99 Å². The van der Waals surface area contributed by atoms with Gasteiger partial charge in [0.15, 0.2) is 0 Å². The number of ether oxygens (including phenoxy) is 1. The molecule has 190 valence electrons. The Labute approximate surface area is 220 Å². The van der Waals surface area contributed by atoms with Crippen LogP contribution in [0.4, 0.5) is 0 Å². The van der Waals surface area contributed by atoms with Crippen LogP contribution in [0.15, 0.2) is 82.2 Å². The number of carboxylic acid groups (broad SMARTS) is 1. The lowest BCUT2D eigenvalue weighted by Crippen LogP contribution is -2.34. The van der Waals surface area contributed by atoms with Gasteiger partial charge in [-0.3, -0.25) is 14.4 Å². The maximum Gasteiger partial charge on any atom is 0.303 e. The van der Waals surface area contributed by atoms with E-state index in [1.807, 2.05) is 54.6 Å². The monoisotopic (exact) mass is 507 g/mol. The molecule has 0 bridgehead atoms. The number of hydrazone groups is 1. The summed E-state index contributed by atoms with van der Waals surface area (Å²) in [6, 6.07) is 14.4. The highest BCUT2D eigenvalue weighted by Gasteiger charge is 2.36. The summed E-state index contributed by atoms with van der Waals surface area (Å²) in [4.78, 5) is 40.8. The Kier molecular flexibility index (Phi) is 7.11. The van der Waals surface area contributed by atoms with Crippen LogP contribution in [0.5, 0.6) is 0 Å². The van der Waals surface area contributed by atoms with E-state index in [1.165, 1.54) is 5.01 Å². The van der Waals surface area contributed by atoms with Gasteiger partial charge in [0.2, 0.25) is 5.91 Å². The first-order valence-electron chi connectivity index (χ1n) is 12.4. The van der Waals surface area contributed by atoms with Crippen molar-refractivity contribution in [2.45, 2.75) is 37.8 Å². The van der Waals surface area contributed by atoms with E-state index in [-0.39, 0.29) is 24.5 Å². The number of fused-ring (bicyclic) bond motifs is 1. The molecular formula is C29H26BN3O5. The zero-order chi connectivity index (χ0) is 26.8. The standard InChI is InChI=1S/C29H26BN3O5/c1-38-20-10-7-17(8-11-20)24-16-23(32-33(24)25(34)13-14-26(35)36)28-27(18-5-3-2-4-6-18)21-15-19(30)9-12-22(21)31-29(28)37/h2-10,12,15,20,24H,11,13-14,16H2,1H3,(H,31,37)(H,35,36). The first kappa shape index (κ1) is 25.4. The molecule has 2 N–H and O–H groups in total. The van der Waals surface area contributed by atoms with Gasteiger partial charge in [-0.1, -0.05) is 66.2 Å². The number of nitrogens with zero attached hydrogens (tertiary/aromatic N) is 2. The predicted octanol–water partition coefficient (Wildman–Crippen LogP) is 3.06. The first-order valence-corrected chi connectivity index (χ1v) is 12.4. The molecule has 1 amide bonds. The number of benzene rings is 2. The summed E-state index contributed by atoms with van der Waals surface area (Å²) in [5.41, 5.74) is 4.04. The smallest absolute Gasteiger partial charge is 0.303 e. The number of hydrogen-bond acceptors (Lipinski definition) is 5. The van der Waals surface area contributed by atoms with Crippen LogP contribution in [-0.4, -0.2) is 59.8 Å². The molecule has 8 nitrogen and oxygen atoms in total. The summed E-state index contributed by atoms with van der Waals surface area (Å²) >= 11 is 0. The van der Waals surface area contributed by atoms with E-state index in [1.54, 1.807) is 19.2 Å². The van der Waals surface area contributed by atoms with Crippen molar-refractivity contribution in [2.24, 2.45) is 5.10 Å². The summed E-state index contributed by atoms with van der Waals surface area (Å²) in [5.74, 6) is -1.48. The lowest BCUT2D eigenvalue weighted by atomic mass is 9.87. The molecule has 2 radical (unpaired) electrons. The minimum absolute atomic E-state index is 0.0600. The number of aliphatic carboxylic acids is 1. The number of pyridine rings is 1. The van der Waals surface area contributed by atoms with Gasteiger partial charge in [-0.25, -0.2) is 5.01 Å². The largest absolute Gasteiger partial charge is 0.481 e. The zero-order valence-corrected chi connectivity index (χ0v) is 20.9. The van der Waals surface area contributed by atoms with Gasteiger partial charge in [-0.15, -0.1) is 0 Å². The Morgan fingerprint density at radius 3 is 2.63 bits per heavy atom. The van der Waals surface area contributed by atoms with Gasteiger partial charge in [0.05, 0.1) is 29.8 Å². The van der Waals surface area contributed by atoms with Crippen LogP contribution in [0.1, 0.15) is 31.2 Å². The van der Waals surface area contributed by atoms with Crippen LogP contribution in [0, 0.1) is 0 Å². The molecule has 2 atom stereocenters. The van der Waals surface area contributed by atoms with Crippen LogP contribution in [0.25, 0.3) is 22.0 Å². The van der Waals surface area contributed by atoms with E-state index in [0.717, 1.165) is 16.5 Å². The molecule has 0 saturated heterocycles. The number of rotatable bonds is 7.